The fourth-order valence-corrected chi connectivity index (χ4v) is 3.23. The first-order valence-corrected chi connectivity index (χ1v) is 8.56. The summed E-state index contributed by atoms with van der Waals surface area (Å²) in [6, 6.07) is 3.46. The van der Waals surface area contributed by atoms with E-state index < -0.39 is 18.0 Å². The predicted molar refractivity (Wildman–Crippen MR) is 93.5 cm³/mol. The van der Waals surface area contributed by atoms with Gasteiger partial charge in [-0.3, -0.25) is 9.59 Å². The summed E-state index contributed by atoms with van der Waals surface area (Å²) >= 11 is 5.95. The van der Waals surface area contributed by atoms with Crippen LogP contribution in [0.3, 0.4) is 0 Å². The summed E-state index contributed by atoms with van der Waals surface area (Å²) in [5.41, 5.74) is -0.0247. The molecule has 2 amide bonds. The van der Waals surface area contributed by atoms with E-state index in [4.69, 9.17) is 11.6 Å². The molecule has 0 radical (unpaired) electrons. The number of benzene rings is 1. The number of aliphatic hydroxyl groups is 1. The Labute approximate surface area is 151 Å². The van der Waals surface area contributed by atoms with Gasteiger partial charge in [0.15, 0.2) is 0 Å². The minimum absolute atomic E-state index is 0.0247. The second-order valence-corrected chi connectivity index (χ2v) is 6.59. The number of nitrogens with zero attached hydrogens (tertiary/aromatic N) is 1. The van der Waals surface area contributed by atoms with Crippen molar-refractivity contribution in [1.29, 1.82) is 0 Å². The molecule has 1 aliphatic heterocycles. The summed E-state index contributed by atoms with van der Waals surface area (Å²) in [5, 5.41) is 13.2. The van der Waals surface area contributed by atoms with Crippen LogP contribution in [0, 0.1) is 11.7 Å². The molecule has 0 spiro atoms. The maximum Gasteiger partial charge on any atom is 0.245 e. The van der Waals surface area contributed by atoms with Crippen LogP contribution in [0.5, 0.6) is 0 Å². The number of nitrogens with one attached hydrogen (secondary N) is 1. The number of carbonyl (C=O) groups excluding carboxylic acids is 2. The monoisotopic (exact) mass is 368 g/mol. The largest absolute Gasteiger partial charge is 0.386 e. The molecule has 136 valence electrons. The molecule has 2 rings (SSSR count). The van der Waals surface area contributed by atoms with Gasteiger partial charge < -0.3 is 15.3 Å². The van der Waals surface area contributed by atoms with E-state index >= 15 is 0 Å². The molecule has 0 aliphatic carbocycles. The van der Waals surface area contributed by atoms with Gasteiger partial charge in [-0.15, -0.1) is 0 Å². The van der Waals surface area contributed by atoms with Gasteiger partial charge >= 0.3 is 0 Å². The third kappa shape index (κ3) is 4.58. The maximum absolute atomic E-state index is 13.9. The topological polar surface area (TPSA) is 69.6 Å². The Morgan fingerprint density at radius 3 is 2.64 bits per heavy atom. The third-order valence-electron chi connectivity index (χ3n) is 4.49. The lowest BCUT2D eigenvalue weighted by Gasteiger charge is -2.32. The summed E-state index contributed by atoms with van der Waals surface area (Å²) in [6.07, 6.45) is 1.08. The van der Waals surface area contributed by atoms with Gasteiger partial charge in [0.05, 0.1) is 6.04 Å². The molecule has 1 heterocycles. The second-order valence-electron chi connectivity index (χ2n) is 6.18. The Balaban J connectivity index is 1.94. The van der Waals surface area contributed by atoms with E-state index in [2.05, 4.69) is 11.9 Å². The van der Waals surface area contributed by atoms with Gasteiger partial charge in [-0.25, -0.2) is 4.39 Å². The molecule has 1 aromatic carbocycles. The molecule has 2 unspecified atom stereocenters. The summed E-state index contributed by atoms with van der Waals surface area (Å²) in [5.74, 6) is -1.22. The molecule has 2 N–H and O–H groups in total. The second kappa shape index (κ2) is 8.45. The Kier molecular flexibility index (Phi) is 6.56. The summed E-state index contributed by atoms with van der Waals surface area (Å²) < 4.78 is 13.9. The van der Waals surface area contributed by atoms with Crippen molar-refractivity contribution in [2.24, 2.45) is 5.92 Å². The number of amides is 2. The van der Waals surface area contributed by atoms with Crippen molar-refractivity contribution < 1.29 is 19.1 Å². The molecule has 0 bridgehead atoms. The first-order valence-electron chi connectivity index (χ1n) is 8.18. The highest BCUT2D eigenvalue weighted by atomic mass is 35.5. The van der Waals surface area contributed by atoms with E-state index in [0.29, 0.717) is 25.9 Å². The van der Waals surface area contributed by atoms with Gasteiger partial charge in [-0.2, -0.15) is 0 Å². The van der Waals surface area contributed by atoms with Crippen molar-refractivity contribution >= 4 is 23.4 Å². The van der Waals surface area contributed by atoms with E-state index in [-0.39, 0.29) is 28.3 Å². The normalized spacial score (nSPS) is 17.7. The van der Waals surface area contributed by atoms with Crippen LogP contribution in [-0.4, -0.2) is 41.0 Å². The van der Waals surface area contributed by atoms with Crippen LogP contribution in [0.25, 0.3) is 0 Å². The fraction of sp³-hybridized carbons (Fsp3) is 0.444. The van der Waals surface area contributed by atoms with Crippen LogP contribution >= 0.6 is 11.6 Å². The standard InChI is InChI=1S/C18H22ClFN2O3/c1-3-15(23)22-9-7-12(8-10-22)18(25)21-11(2)17(24)16-13(19)5-4-6-14(16)20/h3-6,11-12,17,24H,1,7-10H2,2H3,(H,21,25). The molecular weight excluding hydrogens is 347 g/mol. The molecule has 0 aromatic heterocycles. The smallest absolute Gasteiger partial charge is 0.245 e. The molecular formula is C18H22ClFN2O3. The van der Waals surface area contributed by atoms with Crippen LogP contribution in [0.4, 0.5) is 4.39 Å². The van der Waals surface area contributed by atoms with E-state index in [9.17, 15) is 19.1 Å². The van der Waals surface area contributed by atoms with Crippen LogP contribution < -0.4 is 5.32 Å². The number of hydrogen-bond acceptors (Lipinski definition) is 3. The number of piperidine rings is 1. The molecule has 1 fully saturated rings. The Morgan fingerprint density at radius 1 is 1.44 bits per heavy atom. The number of halogens is 2. The fourth-order valence-electron chi connectivity index (χ4n) is 2.96. The number of rotatable bonds is 5. The summed E-state index contributed by atoms with van der Waals surface area (Å²) in [7, 11) is 0. The first-order chi connectivity index (χ1) is 11.8. The molecule has 1 aliphatic rings. The third-order valence-corrected chi connectivity index (χ3v) is 4.82. The van der Waals surface area contributed by atoms with Crippen molar-refractivity contribution in [3.05, 3.63) is 47.3 Å². The molecule has 2 atom stereocenters. The van der Waals surface area contributed by atoms with Crippen molar-refractivity contribution in [3.8, 4) is 0 Å². The Bertz CT molecular complexity index is 639. The van der Waals surface area contributed by atoms with Crippen LogP contribution in [0.15, 0.2) is 30.9 Å². The SMILES string of the molecule is C=CC(=O)N1CCC(C(=O)NC(C)C(O)c2c(F)cccc2Cl)CC1. The Morgan fingerprint density at radius 2 is 2.08 bits per heavy atom. The number of carbonyl (C=O) groups is 2. The van der Waals surface area contributed by atoms with E-state index in [1.807, 2.05) is 0 Å². The van der Waals surface area contributed by atoms with E-state index in [0.717, 1.165) is 0 Å². The zero-order valence-electron chi connectivity index (χ0n) is 14.0. The maximum atomic E-state index is 13.9. The number of likely N-dealkylation sites (tertiary alicyclic amines) is 1. The van der Waals surface area contributed by atoms with Crippen LogP contribution in [-0.2, 0) is 9.59 Å². The molecule has 1 saturated heterocycles. The molecule has 1 aromatic rings. The average molecular weight is 369 g/mol. The number of aliphatic hydroxyl groups excluding tert-OH is 1. The van der Waals surface area contributed by atoms with Gasteiger partial charge in [0.25, 0.3) is 0 Å². The van der Waals surface area contributed by atoms with Gasteiger partial charge in [-0.05, 0) is 38.0 Å². The summed E-state index contributed by atoms with van der Waals surface area (Å²) in [4.78, 5) is 25.6. The van der Waals surface area contributed by atoms with Crippen molar-refractivity contribution in [2.75, 3.05) is 13.1 Å². The highest BCUT2D eigenvalue weighted by molar-refractivity contribution is 6.31. The Hall–Kier alpha value is -1.92. The lowest BCUT2D eigenvalue weighted by molar-refractivity contribution is -0.132. The highest BCUT2D eigenvalue weighted by Crippen LogP contribution is 2.28. The molecule has 5 nitrogen and oxygen atoms in total. The zero-order chi connectivity index (χ0) is 18.6. The number of hydrogen-bond donors (Lipinski definition) is 2. The predicted octanol–water partition coefficient (Wildman–Crippen LogP) is 2.44. The molecule has 0 saturated carbocycles. The minimum Gasteiger partial charge on any atom is -0.386 e. The zero-order valence-corrected chi connectivity index (χ0v) is 14.8. The summed E-state index contributed by atoms with van der Waals surface area (Å²) in [6.45, 7) is 6.02. The van der Waals surface area contributed by atoms with E-state index in [1.165, 1.54) is 24.3 Å². The average Bonchev–Trinajstić information content (AvgIpc) is 2.60. The van der Waals surface area contributed by atoms with Gasteiger partial charge in [-0.1, -0.05) is 24.2 Å². The van der Waals surface area contributed by atoms with Gasteiger partial charge in [0, 0.05) is 29.6 Å². The quantitative estimate of drug-likeness (QED) is 0.784. The molecule has 25 heavy (non-hydrogen) atoms. The van der Waals surface area contributed by atoms with E-state index in [1.54, 1.807) is 11.8 Å². The van der Waals surface area contributed by atoms with Gasteiger partial charge in [0.2, 0.25) is 11.8 Å². The van der Waals surface area contributed by atoms with Crippen LogP contribution in [0.2, 0.25) is 5.02 Å². The molecule has 7 heteroatoms. The highest BCUT2D eigenvalue weighted by Gasteiger charge is 2.29. The lowest BCUT2D eigenvalue weighted by atomic mass is 9.94. The van der Waals surface area contributed by atoms with Gasteiger partial charge in [0.1, 0.15) is 11.9 Å². The lowest BCUT2D eigenvalue weighted by Crippen LogP contribution is -2.45. The first kappa shape index (κ1) is 19.4. The van der Waals surface area contributed by atoms with Crippen molar-refractivity contribution in [2.45, 2.75) is 31.9 Å². The van der Waals surface area contributed by atoms with Crippen LogP contribution in [0.1, 0.15) is 31.4 Å². The minimum atomic E-state index is -1.25. The van der Waals surface area contributed by atoms with Crippen molar-refractivity contribution in [3.63, 3.8) is 0 Å². The van der Waals surface area contributed by atoms with Crippen molar-refractivity contribution in [1.82, 2.24) is 10.2 Å².